The van der Waals surface area contributed by atoms with Gasteiger partial charge in [-0.3, -0.25) is 9.59 Å². The fourth-order valence-electron chi connectivity index (χ4n) is 1.95. The number of likely N-dealkylation sites (tertiary alicyclic amines) is 1. The van der Waals surface area contributed by atoms with Crippen LogP contribution in [0.2, 0.25) is 4.34 Å². The second kappa shape index (κ2) is 5.06. The van der Waals surface area contributed by atoms with Gasteiger partial charge in [-0.2, -0.15) is 0 Å². The molecule has 0 aliphatic carbocycles. The van der Waals surface area contributed by atoms with Gasteiger partial charge in [0.25, 0.3) is 5.91 Å². The molecule has 1 atom stereocenters. The highest BCUT2D eigenvalue weighted by atomic mass is 35.5. The summed E-state index contributed by atoms with van der Waals surface area (Å²) in [6.07, 6.45) is 1.38. The quantitative estimate of drug-likeness (QED) is 0.900. The standard InChI is InChI=1S/C11H12ClNO3S/c12-9-4-3-8(17-9)10(14)13-5-1-2-7(6-13)11(15)16/h3-4,7H,1-2,5-6H2,(H,15,16)/t7-/m1/s1. The molecule has 0 unspecified atom stereocenters. The molecule has 1 N–H and O–H groups in total. The lowest BCUT2D eigenvalue weighted by atomic mass is 9.98. The molecule has 1 aliphatic heterocycles. The predicted octanol–water partition coefficient (Wildman–Crippen LogP) is 2.34. The minimum absolute atomic E-state index is 0.118. The number of rotatable bonds is 2. The average Bonchev–Trinajstić information content (AvgIpc) is 2.75. The van der Waals surface area contributed by atoms with Crippen LogP contribution in [-0.4, -0.2) is 35.0 Å². The summed E-state index contributed by atoms with van der Waals surface area (Å²) in [4.78, 5) is 25.1. The Hall–Kier alpha value is -1.07. The van der Waals surface area contributed by atoms with Crippen molar-refractivity contribution in [1.82, 2.24) is 4.90 Å². The number of hydrogen-bond donors (Lipinski definition) is 1. The van der Waals surface area contributed by atoms with Gasteiger partial charge in [0, 0.05) is 13.1 Å². The van der Waals surface area contributed by atoms with Crippen molar-refractivity contribution in [3.8, 4) is 0 Å². The summed E-state index contributed by atoms with van der Waals surface area (Å²) < 4.78 is 0.570. The zero-order chi connectivity index (χ0) is 12.4. The lowest BCUT2D eigenvalue weighted by Gasteiger charge is -2.30. The maximum atomic E-state index is 12.1. The van der Waals surface area contributed by atoms with Crippen molar-refractivity contribution in [3.63, 3.8) is 0 Å². The van der Waals surface area contributed by atoms with Crippen LogP contribution in [0, 0.1) is 5.92 Å². The Morgan fingerprint density at radius 3 is 2.82 bits per heavy atom. The van der Waals surface area contributed by atoms with Gasteiger partial charge in [0.1, 0.15) is 0 Å². The van der Waals surface area contributed by atoms with Gasteiger partial charge in [0.05, 0.1) is 15.1 Å². The van der Waals surface area contributed by atoms with Crippen LogP contribution in [0.5, 0.6) is 0 Å². The zero-order valence-corrected chi connectivity index (χ0v) is 10.6. The first-order valence-electron chi connectivity index (χ1n) is 5.35. The van der Waals surface area contributed by atoms with Crippen LogP contribution in [0.3, 0.4) is 0 Å². The first kappa shape index (κ1) is 12.4. The number of piperidine rings is 1. The molecule has 4 nitrogen and oxygen atoms in total. The smallest absolute Gasteiger partial charge is 0.308 e. The van der Waals surface area contributed by atoms with E-state index in [2.05, 4.69) is 0 Å². The van der Waals surface area contributed by atoms with Crippen LogP contribution < -0.4 is 0 Å². The molecule has 0 radical (unpaired) electrons. The number of hydrogen-bond acceptors (Lipinski definition) is 3. The average molecular weight is 274 g/mol. The SMILES string of the molecule is O=C(O)[C@@H]1CCCN(C(=O)c2ccc(Cl)s2)C1. The number of halogens is 1. The minimum atomic E-state index is -0.827. The molecular formula is C11H12ClNO3S. The largest absolute Gasteiger partial charge is 0.481 e. The Balaban J connectivity index is 2.07. The Morgan fingerprint density at radius 2 is 2.24 bits per heavy atom. The third-order valence-electron chi connectivity index (χ3n) is 2.84. The molecule has 0 saturated carbocycles. The Morgan fingerprint density at radius 1 is 1.47 bits per heavy atom. The van der Waals surface area contributed by atoms with E-state index in [4.69, 9.17) is 16.7 Å². The summed E-state index contributed by atoms with van der Waals surface area (Å²) in [5.74, 6) is -1.39. The van der Waals surface area contributed by atoms with Gasteiger partial charge in [-0.15, -0.1) is 11.3 Å². The molecule has 0 aromatic carbocycles. The van der Waals surface area contributed by atoms with Crippen LogP contribution in [-0.2, 0) is 4.79 Å². The van der Waals surface area contributed by atoms with E-state index in [1.54, 1.807) is 17.0 Å². The number of nitrogens with zero attached hydrogens (tertiary/aromatic N) is 1. The molecule has 17 heavy (non-hydrogen) atoms. The minimum Gasteiger partial charge on any atom is -0.481 e. The second-order valence-electron chi connectivity index (χ2n) is 4.03. The molecular weight excluding hydrogens is 262 g/mol. The van der Waals surface area contributed by atoms with E-state index in [1.807, 2.05) is 0 Å². The summed E-state index contributed by atoms with van der Waals surface area (Å²) in [6.45, 7) is 0.918. The molecule has 1 aromatic heterocycles. The molecule has 0 bridgehead atoms. The molecule has 2 heterocycles. The molecule has 92 valence electrons. The fraction of sp³-hybridized carbons (Fsp3) is 0.455. The van der Waals surface area contributed by atoms with Crippen molar-refractivity contribution < 1.29 is 14.7 Å². The Bertz CT molecular complexity index is 446. The van der Waals surface area contributed by atoms with E-state index >= 15 is 0 Å². The molecule has 1 aromatic rings. The van der Waals surface area contributed by atoms with Gasteiger partial charge in [0.15, 0.2) is 0 Å². The highest BCUT2D eigenvalue weighted by molar-refractivity contribution is 7.17. The number of carbonyl (C=O) groups excluding carboxylic acids is 1. The lowest BCUT2D eigenvalue weighted by molar-refractivity contribution is -0.143. The summed E-state index contributed by atoms with van der Waals surface area (Å²) in [6, 6.07) is 3.36. The molecule has 1 amide bonds. The van der Waals surface area contributed by atoms with Gasteiger partial charge < -0.3 is 10.0 Å². The Kier molecular flexibility index (Phi) is 3.69. The van der Waals surface area contributed by atoms with E-state index in [-0.39, 0.29) is 5.91 Å². The number of carboxylic acids is 1. The number of amides is 1. The molecule has 1 saturated heterocycles. The first-order valence-corrected chi connectivity index (χ1v) is 6.55. The monoisotopic (exact) mass is 273 g/mol. The maximum Gasteiger partial charge on any atom is 0.308 e. The van der Waals surface area contributed by atoms with Crippen LogP contribution in [0.15, 0.2) is 12.1 Å². The number of carbonyl (C=O) groups is 2. The topological polar surface area (TPSA) is 57.6 Å². The van der Waals surface area contributed by atoms with Crippen LogP contribution in [0.25, 0.3) is 0 Å². The van der Waals surface area contributed by atoms with E-state index in [0.717, 1.165) is 6.42 Å². The molecule has 1 aliphatic rings. The summed E-state index contributed by atoms with van der Waals surface area (Å²) >= 11 is 7.00. The normalized spacial score (nSPS) is 20.3. The first-order chi connectivity index (χ1) is 8.08. The van der Waals surface area contributed by atoms with E-state index < -0.39 is 11.9 Å². The number of aliphatic carboxylic acids is 1. The van der Waals surface area contributed by atoms with Crippen LogP contribution in [0.4, 0.5) is 0 Å². The zero-order valence-electron chi connectivity index (χ0n) is 9.06. The molecule has 1 fully saturated rings. The van der Waals surface area contributed by atoms with Crippen molar-refractivity contribution in [2.24, 2.45) is 5.92 Å². The lowest BCUT2D eigenvalue weighted by Crippen LogP contribution is -2.42. The third-order valence-corrected chi connectivity index (χ3v) is 4.06. The van der Waals surface area contributed by atoms with Gasteiger partial charge >= 0.3 is 5.97 Å². The van der Waals surface area contributed by atoms with Crippen LogP contribution >= 0.6 is 22.9 Å². The summed E-state index contributed by atoms with van der Waals surface area (Å²) in [5, 5.41) is 8.96. The Labute approximate surface area is 108 Å². The van der Waals surface area contributed by atoms with Gasteiger partial charge in [-0.1, -0.05) is 11.6 Å². The van der Waals surface area contributed by atoms with Crippen molar-refractivity contribution in [3.05, 3.63) is 21.3 Å². The van der Waals surface area contributed by atoms with Gasteiger partial charge in [0.2, 0.25) is 0 Å². The third kappa shape index (κ3) is 2.79. The van der Waals surface area contributed by atoms with E-state index in [0.29, 0.717) is 28.7 Å². The van der Waals surface area contributed by atoms with Crippen LogP contribution in [0.1, 0.15) is 22.5 Å². The van der Waals surface area contributed by atoms with Crippen molar-refractivity contribution in [2.75, 3.05) is 13.1 Å². The highest BCUT2D eigenvalue weighted by Gasteiger charge is 2.29. The maximum absolute atomic E-state index is 12.1. The predicted molar refractivity (Wildman–Crippen MR) is 65.6 cm³/mol. The highest BCUT2D eigenvalue weighted by Crippen LogP contribution is 2.25. The van der Waals surface area contributed by atoms with Gasteiger partial charge in [-0.25, -0.2) is 0 Å². The van der Waals surface area contributed by atoms with Crippen molar-refractivity contribution in [2.45, 2.75) is 12.8 Å². The summed E-state index contributed by atoms with van der Waals surface area (Å²) in [7, 11) is 0. The number of carboxylic acid groups (broad SMARTS) is 1. The van der Waals surface area contributed by atoms with E-state index in [1.165, 1.54) is 11.3 Å². The number of thiophene rings is 1. The molecule has 6 heteroatoms. The van der Waals surface area contributed by atoms with Crippen molar-refractivity contribution >= 4 is 34.8 Å². The fourth-order valence-corrected chi connectivity index (χ4v) is 2.96. The molecule has 0 spiro atoms. The van der Waals surface area contributed by atoms with E-state index in [9.17, 15) is 9.59 Å². The van der Waals surface area contributed by atoms with Crippen molar-refractivity contribution in [1.29, 1.82) is 0 Å². The molecule has 2 rings (SSSR count). The van der Waals surface area contributed by atoms with Gasteiger partial charge in [-0.05, 0) is 25.0 Å². The second-order valence-corrected chi connectivity index (χ2v) is 5.75. The summed E-state index contributed by atoms with van der Waals surface area (Å²) in [5.41, 5.74) is 0.